The molecule has 2 heterocycles. The highest BCUT2D eigenvalue weighted by molar-refractivity contribution is 6.11. The van der Waals surface area contributed by atoms with Gasteiger partial charge in [-0.3, -0.25) is 9.98 Å². The summed E-state index contributed by atoms with van der Waals surface area (Å²) < 4.78 is 5.05. The molecule has 0 fully saturated rings. The molecule has 2 rings (SSSR count). The van der Waals surface area contributed by atoms with Crippen LogP contribution in [0.3, 0.4) is 0 Å². The fourth-order valence-electron chi connectivity index (χ4n) is 1.62. The zero-order chi connectivity index (χ0) is 12.3. The molecule has 0 spiro atoms. The molecule has 1 atom stereocenters. The highest BCUT2D eigenvalue weighted by atomic mass is 16.6. The van der Waals surface area contributed by atoms with Crippen LogP contribution in [0.2, 0.25) is 0 Å². The summed E-state index contributed by atoms with van der Waals surface area (Å²) in [7, 11) is 1.53. The summed E-state index contributed by atoms with van der Waals surface area (Å²) in [6, 6.07) is 5.45. The second-order valence-corrected chi connectivity index (χ2v) is 3.61. The van der Waals surface area contributed by atoms with Crippen molar-refractivity contribution in [3.8, 4) is 0 Å². The van der Waals surface area contributed by atoms with Gasteiger partial charge in [0.1, 0.15) is 11.3 Å². The molecule has 0 saturated heterocycles. The Labute approximate surface area is 98.5 Å². The molecule has 0 saturated carbocycles. The molecule has 0 amide bonds. The first kappa shape index (κ1) is 11.3. The van der Waals surface area contributed by atoms with Crippen LogP contribution < -0.4 is 0 Å². The Morgan fingerprint density at radius 3 is 3.06 bits per heavy atom. The number of carbonyl (C=O) groups is 1. The fourth-order valence-corrected chi connectivity index (χ4v) is 1.62. The Hall–Kier alpha value is -2.17. The standard InChI is InChI=1S/C12H12N2O3/c1-13-7-9-11(15)10(17-12(9)16)6-8-4-2-3-5-14-8/h2-5,7,10,15H,6H2,1H3. The Balaban J connectivity index is 2.17. The molecule has 0 bridgehead atoms. The molecule has 88 valence electrons. The van der Waals surface area contributed by atoms with E-state index in [0.29, 0.717) is 6.42 Å². The van der Waals surface area contributed by atoms with E-state index >= 15 is 0 Å². The number of aliphatic hydroxyl groups excluding tert-OH is 1. The predicted molar refractivity (Wildman–Crippen MR) is 61.9 cm³/mol. The molecule has 0 aromatic carbocycles. The third-order valence-electron chi connectivity index (χ3n) is 2.43. The van der Waals surface area contributed by atoms with Gasteiger partial charge in [0.15, 0.2) is 6.10 Å². The van der Waals surface area contributed by atoms with Gasteiger partial charge in [-0.2, -0.15) is 0 Å². The van der Waals surface area contributed by atoms with Crippen molar-refractivity contribution < 1.29 is 14.6 Å². The zero-order valence-electron chi connectivity index (χ0n) is 9.33. The van der Waals surface area contributed by atoms with E-state index in [2.05, 4.69) is 9.98 Å². The summed E-state index contributed by atoms with van der Waals surface area (Å²) in [6.45, 7) is 0. The maximum absolute atomic E-state index is 11.4. The maximum Gasteiger partial charge on any atom is 0.344 e. The minimum absolute atomic E-state index is 0.0775. The maximum atomic E-state index is 11.4. The summed E-state index contributed by atoms with van der Waals surface area (Å²) >= 11 is 0. The molecule has 1 N–H and O–H groups in total. The van der Waals surface area contributed by atoms with Gasteiger partial charge in [0.25, 0.3) is 0 Å². The first-order valence-electron chi connectivity index (χ1n) is 5.18. The molecule has 0 aliphatic carbocycles. The lowest BCUT2D eigenvalue weighted by Gasteiger charge is -2.08. The molecule has 0 radical (unpaired) electrons. The fraction of sp³-hybridized carbons (Fsp3) is 0.250. The van der Waals surface area contributed by atoms with Crippen molar-refractivity contribution in [2.75, 3.05) is 7.05 Å². The van der Waals surface area contributed by atoms with Crippen LogP contribution in [-0.2, 0) is 16.0 Å². The van der Waals surface area contributed by atoms with Gasteiger partial charge in [-0.1, -0.05) is 6.07 Å². The van der Waals surface area contributed by atoms with E-state index in [-0.39, 0.29) is 11.3 Å². The van der Waals surface area contributed by atoms with Gasteiger partial charge in [-0.05, 0) is 12.1 Å². The number of aromatic nitrogens is 1. The Bertz CT molecular complexity index is 480. The molecular weight excluding hydrogens is 220 g/mol. The predicted octanol–water partition coefficient (Wildman–Crippen LogP) is 1.06. The molecular formula is C12H12N2O3. The quantitative estimate of drug-likeness (QED) is 0.624. The monoisotopic (exact) mass is 232 g/mol. The number of nitrogens with zero attached hydrogens (tertiary/aromatic N) is 2. The largest absolute Gasteiger partial charge is 0.507 e. The van der Waals surface area contributed by atoms with E-state index in [9.17, 15) is 9.90 Å². The highest BCUT2D eigenvalue weighted by Crippen LogP contribution is 2.22. The first-order chi connectivity index (χ1) is 8.22. The molecule has 1 aromatic rings. The Kier molecular flexibility index (Phi) is 3.18. The summed E-state index contributed by atoms with van der Waals surface area (Å²) in [5, 5.41) is 9.83. The molecule has 17 heavy (non-hydrogen) atoms. The van der Waals surface area contributed by atoms with E-state index in [0.717, 1.165) is 5.69 Å². The lowest BCUT2D eigenvalue weighted by Crippen LogP contribution is -2.15. The number of rotatable bonds is 3. The van der Waals surface area contributed by atoms with Crippen LogP contribution in [0.5, 0.6) is 0 Å². The van der Waals surface area contributed by atoms with Crippen LogP contribution in [0.25, 0.3) is 0 Å². The second-order valence-electron chi connectivity index (χ2n) is 3.61. The number of hydrogen-bond donors (Lipinski definition) is 1. The van der Waals surface area contributed by atoms with Crippen molar-refractivity contribution in [1.82, 2.24) is 4.98 Å². The van der Waals surface area contributed by atoms with Gasteiger partial charge in [0.05, 0.1) is 0 Å². The minimum Gasteiger partial charge on any atom is -0.507 e. The number of pyridine rings is 1. The van der Waals surface area contributed by atoms with Crippen molar-refractivity contribution >= 4 is 12.2 Å². The van der Waals surface area contributed by atoms with Crippen LogP contribution in [0.1, 0.15) is 5.69 Å². The van der Waals surface area contributed by atoms with Gasteiger partial charge in [-0.15, -0.1) is 0 Å². The number of aliphatic imine (C=N–C) groups is 1. The number of carbonyl (C=O) groups excluding carboxylic acids is 1. The van der Waals surface area contributed by atoms with Crippen molar-refractivity contribution in [2.45, 2.75) is 12.5 Å². The number of aliphatic hydroxyl groups is 1. The SMILES string of the molecule is CN=CC1=C(O)C(Cc2ccccn2)OC1=O. The molecule has 1 aromatic heterocycles. The van der Waals surface area contributed by atoms with E-state index in [1.54, 1.807) is 12.3 Å². The van der Waals surface area contributed by atoms with Crippen LogP contribution in [-0.4, -0.2) is 35.4 Å². The average Bonchev–Trinajstić information content (AvgIpc) is 2.59. The lowest BCUT2D eigenvalue weighted by atomic mass is 10.1. The third-order valence-corrected chi connectivity index (χ3v) is 2.43. The third kappa shape index (κ3) is 2.33. The first-order valence-corrected chi connectivity index (χ1v) is 5.18. The van der Waals surface area contributed by atoms with Crippen molar-refractivity contribution in [2.24, 2.45) is 4.99 Å². The van der Waals surface area contributed by atoms with Gasteiger partial charge in [-0.25, -0.2) is 4.79 Å². The van der Waals surface area contributed by atoms with E-state index in [1.807, 2.05) is 12.1 Å². The topological polar surface area (TPSA) is 71.8 Å². The van der Waals surface area contributed by atoms with E-state index in [4.69, 9.17) is 4.74 Å². The van der Waals surface area contributed by atoms with Gasteiger partial charge < -0.3 is 9.84 Å². The number of hydrogen-bond acceptors (Lipinski definition) is 5. The highest BCUT2D eigenvalue weighted by Gasteiger charge is 2.33. The number of ether oxygens (including phenoxy) is 1. The summed E-state index contributed by atoms with van der Waals surface area (Å²) in [5.41, 5.74) is 0.875. The summed E-state index contributed by atoms with van der Waals surface area (Å²) in [6.07, 6.45) is 2.65. The second kappa shape index (κ2) is 4.78. The lowest BCUT2D eigenvalue weighted by molar-refractivity contribution is -0.139. The summed E-state index contributed by atoms with van der Waals surface area (Å²) in [4.78, 5) is 19.2. The normalized spacial score (nSPS) is 20.1. The van der Waals surface area contributed by atoms with Crippen LogP contribution in [0.4, 0.5) is 0 Å². The van der Waals surface area contributed by atoms with Crippen LogP contribution in [0.15, 0.2) is 40.7 Å². The molecule has 1 unspecified atom stereocenters. The zero-order valence-corrected chi connectivity index (χ0v) is 9.33. The van der Waals surface area contributed by atoms with Crippen LogP contribution in [0, 0.1) is 0 Å². The molecule has 5 heteroatoms. The van der Waals surface area contributed by atoms with E-state index in [1.165, 1.54) is 13.3 Å². The smallest absolute Gasteiger partial charge is 0.344 e. The van der Waals surface area contributed by atoms with Gasteiger partial charge in [0, 0.05) is 31.6 Å². The Morgan fingerprint density at radius 2 is 2.41 bits per heavy atom. The molecule has 1 aliphatic rings. The van der Waals surface area contributed by atoms with Crippen molar-refractivity contribution in [3.05, 3.63) is 41.4 Å². The van der Waals surface area contributed by atoms with E-state index < -0.39 is 12.1 Å². The van der Waals surface area contributed by atoms with Crippen LogP contribution >= 0.6 is 0 Å². The number of esters is 1. The van der Waals surface area contributed by atoms with Gasteiger partial charge >= 0.3 is 5.97 Å². The van der Waals surface area contributed by atoms with Crippen molar-refractivity contribution in [3.63, 3.8) is 0 Å². The molecule has 5 nitrogen and oxygen atoms in total. The van der Waals surface area contributed by atoms with Crippen molar-refractivity contribution in [1.29, 1.82) is 0 Å². The molecule has 1 aliphatic heterocycles. The number of cyclic esters (lactones) is 1. The average molecular weight is 232 g/mol. The van der Waals surface area contributed by atoms with Gasteiger partial charge in [0.2, 0.25) is 0 Å². The summed E-state index contributed by atoms with van der Waals surface area (Å²) in [5.74, 6) is -0.625. The Morgan fingerprint density at radius 1 is 1.59 bits per heavy atom. The minimum atomic E-state index is -0.662.